The fourth-order valence-corrected chi connectivity index (χ4v) is 2.84. The van der Waals surface area contributed by atoms with Crippen LogP contribution >= 0.6 is 27.3 Å². The maximum atomic E-state index is 11.8. The highest BCUT2D eigenvalue weighted by Crippen LogP contribution is 2.21. The minimum Gasteiger partial charge on any atom is -0.453 e. The number of ether oxygens (including phenoxy) is 1. The Hall–Kier alpha value is -1.11. The number of rotatable bonds is 5. The summed E-state index contributed by atoms with van der Waals surface area (Å²) in [6.07, 6.45) is 0. The number of methoxy groups -OCH3 is 1. The van der Waals surface area contributed by atoms with E-state index in [0.717, 1.165) is 8.66 Å². The van der Waals surface area contributed by atoms with Crippen molar-refractivity contribution in [3.63, 3.8) is 0 Å². The zero-order chi connectivity index (χ0) is 13.0. The van der Waals surface area contributed by atoms with Gasteiger partial charge in [-0.15, -0.1) is 11.3 Å². The highest BCUT2D eigenvalue weighted by atomic mass is 79.9. The van der Waals surface area contributed by atoms with Crippen molar-refractivity contribution < 1.29 is 13.9 Å². The van der Waals surface area contributed by atoms with Crippen LogP contribution < -0.4 is 5.32 Å². The van der Waals surface area contributed by atoms with Crippen LogP contribution in [0.2, 0.25) is 0 Å². The maximum Gasteiger partial charge on any atom is 0.287 e. The van der Waals surface area contributed by atoms with Gasteiger partial charge in [0.25, 0.3) is 5.91 Å². The molecule has 2 aromatic rings. The van der Waals surface area contributed by atoms with Crippen LogP contribution in [-0.2, 0) is 17.9 Å². The van der Waals surface area contributed by atoms with Crippen LogP contribution in [0, 0.1) is 0 Å². The molecule has 0 fully saturated rings. The van der Waals surface area contributed by atoms with Crippen molar-refractivity contribution in [3.8, 4) is 0 Å². The summed E-state index contributed by atoms with van der Waals surface area (Å²) in [7, 11) is 1.58. The number of furan rings is 1. The Labute approximate surface area is 117 Å². The molecule has 0 radical (unpaired) electrons. The standard InChI is InChI=1S/C12H12BrNO3S/c1-16-7-8-2-4-10(17-8)12(15)14-6-9-3-5-11(13)18-9/h2-5H,6-7H2,1H3,(H,14,15). The number of carbonyl (C=O) groups is 1. The van der Waals surface area contributed by atoms with E-state index in [1.165, 1.54) is 0 Å². The fourth-order valence-electron chi connectivity index (χ4n) is 1.42. The van der Waals surface area contributed by atoms with Crippen LogP contribution in [0.3, 0.4) is 0 Å². The maximum absolute atomic E-state index is 11.8. The first kappa shape index (κ1) is 13.3. The van der Waals surface area contributed by atoms with Gasteiger partial charge in [0, 0.05) is 12.0 Å². The van der Waals surface area contributed by atoms with Crippen molar-refractivity contribution in [1.82, 2.24) is 5.32 Å². The number of nitrogens with one attached hydrogen (secondary N) is 1. The number of thiophene rings is 1. The molecule has 96 valence electrons. The van der Waals surface area contributed by atoms with E-state index in [9.17, 15) is 4.79 Å². The lowest BCUT2D eigenvalue weighted by Crippen LogP contribution is -2.21. The zero-order valence-electron chi connectivity index (χ0n) is 9.73. The third kappa shape index (κ3) is 3.44. The Morgan fingerprint density at radius 1 is 1.44 bits per heavy atom. The molecular formula is C12H12BrNO3S. The predicted molar refractivity (Wildman–Crippen MR) is 72.6 cm³/mol. The van der Waals surface area contributed by atoms with Crippen molar-refractivity contribution in [2.75, 3.05) is 7.11 Å². The topological polar surface area (TPSA) is 51.5 Å². The number of hydrogen-bond acceptors (Lipinski definition) is 4. The van der Waals surface area contributed by atoms with Crippen molar-refractivity contribution in [1.29, 1.82) is 0 Å². The number of hydrogen-bond donors (Lipinski definition) is 1. The van der Waals surface area contributed by atoms with E-state index in [0.29, 0.717) is 24.7 Å². The van der Waals surface area contributed by atoms with Gasteiger partial charge in [0.15, 0.2) is 5.76 Å². The lowest BCUT2D eigenvalue weighted by molar-refractivity contribution is 0.0915. The van der Waals surface area contributed by atoms with Gasteiger partial charge in [0.05, 0.1) is 10.3 Å². The Morgan fingerprint density at radius 3 is 2.94 bits per heavy atom. The molecule has 0 aliphatic heterocycles. The second-order valence-electron chi connectivity index (χ2n) is 3.59. The average Bonchev–Trinajstić information content (AvgIpc) is 2.96. The highest BCUT2D eigenvalue weighted by Gasteiger charge is 2.11. The monoisotopic (exact) mass is 329 g/mol. The van der Waals surface area contributed by atoms with Gasteiger partial charge in [-0.05, 0) is 40.2 Å². The molecule has 0 spiro atoms. The second kappa shape index (κ2) is 6.17. The van der Waals surface area contributed by atoms with E-state index in [-0.39, 0.29) is 5.91 Å². The summed E-state index contributed by atoms with van der Waals surface area (Å²) in [5.74, 6) is 0.723. The molecule has 0 aliphatic carbocycles. The summed E-state index contributed by atoms with van der Waals surface area (Å²) in [4.78, 5) is 12.9. The van der Waals surface area contributed by atoms with Crippen molar-refractivity contribution in [2.45, 2.75) is 13.2 Å². The molecule has 0 saturated heterocycles. The Kier molecular flexibility index (Phi) is 4.57. The molecule has 18 heavy (non-hydrogen) atoms. The van der Waals surface area contributed by atoms with Gasteiger partial charge in [0.2, 0.25) is 0 Å². The van der Waals surface area contributed by atoms with Gasteiger partial charge in [-0.2, -0.15) is 0 Å². The quantitative estimate of drug-likeness (QED) is 0.916. The lowest BCUT2D eigenvalue weighted by atomic mass is 10.4. The Bertz CT molecular complexity index is 535. The molecule has 1 amide bonds. The van der Waals surface area contributed by atoms with Gasteiger partial charge in [-0.1, -0.05) is 0 Å². The first-order valence-electron chi connectivity index (χ1n) is 5.29. The van der Waals surface area contributed by atoms with Gasteiger partial charge >= 0.3 is 0 Å². The molecule has 0 saturated carbocycles. The molecule has 0 aromatic carbocycles. The fraction of sp³-hybridized carbons (Fsp3) is 0.250. The van der Waals surface area contributed by atoms with Crippen molar-refractivity contribution in [2.24, 2.45) is 0 Å². The summed E-state index contributed by atoms with van der Waals surface area (Å²) in [6.45, 7) is 0.862. The first-order valence-corrected chi connectivity index (χ1v) is 6.90. The number of halogens is 1. The van der Waals surface area contributed by atoms with Gasteiger partial charge in [-0.25, -0.2) is 0 Å². The van der Waals surface area contributed by atoms with Crippen LogP contribution in [0.25, 0.3) is 0 Å². The van der Waals surface area contributed by atoms with Crippen LogP contribution in [0.4, 0.5) is 0 Å². The SMILES string of the molecule is COCc1ccc(C(=O)NCc2ccc(Br)s2)o1. The predicted octanol–water partition coefficient (Wildman–Crippen LogP) is 3.18. The van der Waals surface area contributed by atoms with Gasteiger partial charge < -0.3 is 14.5 Å². The van der Waals surface area contributed by atoms with Gasteiger partial charge in [-0.3, -0.25) is 4.79 Å². The number of carbonyl (C=O) groups excluding carboxylic acids is 1. The highest BCUT2D eigenvalue weighted by molar-refractivity contribution is 9.11. The van der Waals surface area contributed by atoms with Crippen LogP contribution in [0.1, 0.15) is 21.2 Å². The van der Waals surface area contributed by atoms with E-state index in [4.69, 9.17) is 9.15 Å². The van der Waals surface area contributed by atoms with E-state index in [1.54, 1.807) is 30.6 Å². The molecule has 2 heterocycles. The Balaban J connectivity index is 1.90. The minimum absolute atomic E-state index is 0.220. The van der Waals surface area contributed by atoms with Crippen molar-refractivity contribution in [3.05, 3.63) is 44.4 Å². The average molecular weight is 330 g/mol. The summed E-state index contributed by atoms with van der Waals surface area (Å²) in [5, 5.41) is 2.80. The van der Waals surface area contributed by atoms with E-state index in [1.807, 2.05) is 12.1 Å². The molecule has 2 rings (SSSR count). The molecular weight excluding hydrogens is 318 g/mol. The zero-order valence-corrected chi connectivity index (χ0v) is 12.1. The summed E-state index contributed by atoms with van der Waals surface area (Å²) >= 11 is 4.97. The molecule has 6 heteroatoms. The van der Waals surface area contributed by atoms with Crippen LogP contribution in [-0.4, -0.2) is 13.0 Å². The van der Waals surface area contributed by atoms with E-state index < -0.39 is 0 Å². The molecule has 0 bridgehead atoms. The summed E-state index contributed by atoms with van der Waals surface area (Å²) in [5.41, 5.74) is 0. The molecule has 0 atom stereocenters. The lowest BCUT2D eigenvalue weighted by Gasteiger charge is -2.00. The number of amides is 1. The first-order chi connectivity index (χ1) is 8.69. The van der Waals surface area contributed by atoms with Crippen LogP contribution in [0.5, 0.6) is 0 Å². The second-order valence-corrected chi connectivity index (χ2v) is 6.14. The Morgan fingerprint density at radius 2 is 2.28 bits per heavy atom. The molecule has 0 unspecified atom stereocenters. The normalized spacial score (nSPS) is 10.6. The molecule has 1 N–H and O–H groups in total. The third-order valence-electron chi connectivity index (χ3n) is 2.22. The molecule has 2 aromatic heterocycles. The largest absolute Gasteiger partial charge is 0.453 e. The third-order valence-corrected chi connectivity index (χ3v) is 3.85. The van der Waals surface area contributed by atoms with Gasteiger partial charge in [0.1, 0.15) is 12.4 Å². The van der Waals surface area contributed by atoms with E-state index in [2.05, 4.69) is 21.2 Å². The van der Waals surface area contributed by atoms with E-state index >= 15 is 0 Å². The summed E-state index contributed by atoms with van der Waals surface area (Å²) < 4.78 is 11.3. The van der Waals surface area contributed by atoms with Crippen LogP contribution in [0.15, 0.2) is 32.5 Å². The van der Waals surface area contributed by atoms with Crippen molar-refractivity contribution >= 4 is 33.2 Å². The smallest absolute Gasteiger partial charge is 0.287 e. The molecule has 4 nitrogen and oxygen atoms in total. The minimum atomic E-state index is -0.220. The molecule has 0 aliphatic rings. The summed E-state index contributed by atoms with van der Waals surface area (Å²) in [6, 6.07) is 7.30.